The summed E-state index contributed by atoms with van der Waals surface area (Å²) >= 11 is 1.31. The van der Waals surface area contributed by atoms with E-state index in [0.29, 0.717) is 27.8 Å². The number of carbonyl (C=O) groups excluding carboxylic acids is 1. The van der Waals surface area contributed by atoms with Crippen LogP contribution in [0.3, 0.4) is 0 Å². The normalized spacial score (nSPS) is 11.5. The number of hydrogen-bond donors (Lipinski definition) is 0. The predicted molar refractivity (Wildman–Crippen MR) is 121 cm³/mol. The number of carbonyl (C=O) groups is 1. The molecular weight excluding hydrogens is 416 g/mol. The quantitative estimate of drug-likeness (QED) is 0.417. The molecule has 0 aliphatic carbocycles. The highest BCUT2D eigenvalue weighted by molar-refractivity contribution is 7.16. The molecule has 0 bridgehead atoms. The molecule has 0 radical (unpaired) electrons. The molecule has 3 rings (SSSR count). The lowest BCUT2D eigenvalue weighted by atomic mass is 10.2. The molecule has 1 heterocycles. The van der Waals surface area contributed by atoms with E-state index in [1.807, 2.05) is 6.07 Å². The van der Waals surface area contributed by atoms with Gasteiger partial charge in [0.15, 0.2) is 16.3 Å². The average molecular weight is 439 g/mol. The second-order valence-corrected chi connectivity index (χ2v) is 7.20. The van der Waals surface area contributed by atoms with Gasteiger partial charge in [-0.05, 0) is 35.9 Å². The van der Waals surface area contributed by atoms with Crippen molar-refractivity contribution < 1.29 is 23.7 Å². The minimum absolute atomic E-state index is 0.231. The molecule has 0 fully saturated rings. The van der Waals surface area contributed by atoms with Crippen LogP contribution in [0.5, 0.6) is 23.0 Å². The number of nitrogens with zero attached hydrogens (tertiary/aromatic N) is 2. The van der Waals surface area contributed by atoms with Crippen LogP contribution in [0.15, 0.2) is 41.4 Å². The van der Waals surface area contributed by atoms with Crippen molar-refractivity contribution in [3.05, 3.63) is 46.8 Å². The summed E-state index contributed by atoms with van der Waals surface area (Å²) < 4.78 is 24.0. The molecular formula is C23H22N2O5S. The summed E-state index contributed by atoms with van der Waals surface area (Å²) in [6, 6.07) is 8.96. The fraction of sp³-hybridized carbons (Fsp3) is 0.217. The maximum absolute atomic E-state index is 12.6. The van der Waals surface area contributed by atoms with Gasteiger partial charge in [-0.3, -0.25) is 4.79 Å². The molecule has 31 heavy (non-hydrogen) atoms. The zero-order valence-electron chi connectivity index (χ0n) is 17.7. The molecule has 160 valence electrons. The van der Waals surface area contributed by atoms with Gasteiger partial charge in [-0.25, -0.2) is 0 Å². The predicted octanol–water partition coefficient (Wildman–Crippen LogP) is 3.51. The lowest BCUT2D eigenvalue weighted by Crippen LogP contribution is -2.16. The Bertz CT molecular complexity index is 1250. The first-order valence-electron chi connectivity index (χ1n) is 9.22. The van der Waals surface area contributed by atoms with Crippen molar-refractivity contribution in [2.24, 2.45) is 4.99 Å². The minimum Gasteiger partial charge on any atom is -0.495 e. The number of fused-ring (bicyclic) bond motifs is 1. The highest BCUT2D eigenvalue weighted by atomic mass is 32.1. The van der Waals surface area contributed by atoms with Gasteiger partial charge in [0.1, 0.15) is 21.7 Å². The van der Waals surface area contributed by atoms with E-state index in [1.54, 1.807) is 63.3 Å². The zero-order valence-corrected chi connectivity index (χ0v) is 18.5. The van der Waals surface area contributed by atoms with Gasteiger partial charge in [0.05, 0.1) is 35.0 Å². The van der Waals surface area contributed by atoms with E-state index in [2.05, 4.69) is 10.9 Å². The van der Waals surface area contributed by atoms with Crippen molar-refractivity contribution in [1.29, 1.82) is 0 Å². The van der Waals surface area contributed by atoms with E-state index >= 15 is 0 Å². The topological polar surface area (TPSA) is 71.3 Å². The summed E-state index contributed by atoms with van der Waals surface area (Å²) in [6.07, 6.45) is 8.61. The van der Waals surface area contributed by atoms with Gasteiger partial charge in [-0.15, -0.1) is 6.42 Å². The second-order valence-electron chi connectivity index (χ2n) is 6.22. The Morgan fingerprint density at radius 1 is 1.03 bits per heavy atom. The number of terminal acetylenes is 1. The summed E-state index contributed by atoms with van der Waals surface area (Å²) in [6.45, 7) is 0.231. The van der Waals surface area contributed by atoms with E-state index in [-0.39, 0.29) is 6.54 Å². The van der Waals surface area contributed by atoms with E-state index in [9.17, 15) is 4.79 Å². The third-order valence-corrected chi connectivity index (χ3v) is 5.57. The molecule has 0 atom stereocenters. The third-order valence-electron chi connectivity index (χ3n) is 4.47. The minimum atomic E-state index is -0.426. The molecule has 8 heteroatoms. The number of methoxy groups -OCH3 is 4. The zero-order chi connectivity index (χ0) is 22.4. The molecule has 0 aliphatic heterocycles. The smallest absolute Gasteiger partial charge is 0.272 e. The Labute approximate surface area is 184 Å². The summed E-state index contributed by atoms with van der Waals surface area (Å²) in [7, 11) is 6.28. The van der Waals surface area contributed by atoms with Crippen LogP contribution in [0.2, 0.25) is 0 Å². The second kappa shape index (κ2) is 9.87. The molecule has 0 aliphatic rings. The molecule has 0 spiro atoms. The van der Waals surface area contributed by atoms with Gasteiger partial charge in [0.25, 0.3) is 5.91 Å². The largest absolute Gasteiger partial charge is 0.495 e. The third kappa shape index (κ3) is 4.57. The van der Waals surface area contributed by atoms with Gasteiger partial charge in [0.2, 0.25) is 0 Å². The molecule has 0 saturated carbocycles. The van der Waals surface area contributed by atoms with E-state index in [1.165, 1.54) is 17.4 Å². The van der Waals surface area contributed by atoms with Crippen molar-refractivity contribution in [1.82, 2.24) is 4.57 Å². The monoisotopic (exact) mass is 438 g/mol. The molecule has 0 N–H and O–H groups in total. The highest BCUT2D eigenvalue weighted by Gasteiger charge is 2.15. The van der Waals surface area contributed by atoms with E-state index in [0.717, 1.165) is 15.8 Å². The van der Waals surface area contributed by atoms with Gasteiger partial charge < -0.3 is 23.5 Å². The molecule has 3 aromatic rings. The Morgan fingerprint density at radius 2 is 1.68 bits per heavy atom. The number of benzene rings is 2. The molecule has 0 unspecified atom stereocenters. The van der Waals surface area contributed by atoms with Gasteiger partial charge in [-0.1, -0.05) is 23.3 Å². The summed E-state index contributed by atoms with van der Waals surface area (Å²) in [5.74, 6) is 4.64. The molecule has 1 amide bonds. The van der Waals surface area contributed by atoms with Gasteiger partial charge >= 0.3 is 0 Å². The highest BCUT2D eigenvalue weighted by Crippen LogP contribution is 2.35. The lowest BCUT2D eigenvalue weighted by Gasteiger charge is -2.08. The standard InChI is InChI=1S/C23H22N2O5S/c1-6-13-25-21-17(28-3)10-11-18(29-4)22(21)31-23(25)24-20(26)12-8-15-7-9-16(27-2)19(14-15)30-5/h1,7-12,14H,13H2,2-5H3. The summed E-state index contributed by atoms with van der Waals surface area (Å²) in [5, 5.41) is 0. The Balaban J connectivity index is 2.03. The van der Waals surface area contributed by atoms with Crippen LogP contribution in [-0.2, 0) is 11.3 Å². The molecule has 2 aromatic carbocycles. The van der Waals surface area contributed by atoms with Crippen LogP contribution in [0.25, 0.3) is 16.3 Å². The first kappa shape index (κ1) is 22.0. The van der Waals surface area contributed by atoms with Crippen molar-refractivity contribution in [2.45, 2.75) is 6.54 Å². The van der Waals surface area contributed by atoms with E-state index in [4.69, 9.17) is 25.4 Å². The Morgan fingerprint density at radius 3 is 2.32 bits per heavy atom. The maximum atomic E-state index is 12.6. The molecule has 7 nitrogen and oxygen atoms in total. The number of hydrogen-bond acceptors (Lipinski definition) is 6. The van der Waals surface area contributed by atoms with Crippen LogP contribution in [0.4, 0.5) is 0 Å². The number of ether oxygens (including phenoxy) is 4. The molecule has 0 saturated heterocycles. The number of amides is 1. The van der Waals surface area contributed by atoms with Crippen molar-refractivity contribution in [2.75, 3.05) is 28.4 Å². The van der Waals surface area contributed by atoms with Gasteiger partial charge in [0, 0.05) is 6.08 Å². The first-order chi connectivity index (χ1) is 15.1. The lowest BCUT2D eigenvalue weighted by molar-refractivity contribution is -0.113. The van der Waals surface area contributed by atoms with Crippen LogP contribution >= 0.6 is 11.3 Å². The van der Waals surface area contributed by atoms with Crippen LogP contribution in [0, 0.1) is 12.3 Å². The van der Waals surface area contributed by atoms with Crippen molar-refractivity contribution in [3.8, 4) is 35.3 Å². The fourth-order valence-electron chi connectivity index (χ4n) is 3.03. The number of thiazole rings is 1. The van der Waals surface area contributed by atoms with Crippen molar-refractivity contribution >= 4 is 33.5 Å². The molecule has 1 aromatic heterocycles. The number of rotatable bonds is 7. The maximum Gasteiger partial charge on any atom is 0.272 e. The fourth-order valence-corrected chi connectivity index (χ4v) is 4.18. The summed E-state index contributed by atoms with van der Waals surface area (Å²) in [4.78, 5) is 17.3. The summed E-state index contributed by atoms with van der Waals surface area (Å²) in [5.41, 5.74) is 1.51. The first-order valence-corrected chi connectivity index (χ1v) is 10.0. The van der Waals surface area contributed by atoms with E-state index < -0.39 is 5.91 Å². The van der Waals surface area contributed by atoms with Gasteiger partial charge in [-0.2, -0.15) is 4.99 Å². The Kier molecular flexibility index (Phi) is 7.00. The number of aromatic nitrogens is 1. The Hall–Kier alpha value is -3.70. The van der Waals surface area contributed by atoms with Crippen LogP contribution in [-0.4, -0.2) is 38.9 Å². The van der Waals surface area contributed by atoms with Crippen molar-refractivity contribution in [3.63, 3.8) is 0 Å². The average Bonchev–Trinajstić information content (AvgIpc) is 3.15. The SMILES string of the molecule is C#CCn1c(=NC(=O)C=Cc2ccc(OC)c(OC)c2)sc2c(OC)ccc(OC)c21. The van der Waals surface area contributed by atoms with Crippen LogP contribution in [0.1, 0.15) is 5.56 Å². The van der Waals surface area contributed by atoms with Crippen LogP contribution < -0.4 is 23.7 Å².